The summed E-state index contributed by atoms with van der Waals surface area (Å²) in [5, 5.41) is 0.185. The van der Waals surface area contributed by atoms with E-state index in [1.165, 1.54) is 17.3 Å². The fourth-order valence-corrected chi connectivity index (χ4v) is 2.52. The van der Waals surface area contributed by atoms with Gasteiger partial charge in [-0.1, -0.05) is 36.9 Å². The zero-order chi connectivity index (χ0) is 10.7. The maximum atomic E-state index is 11.8. The highest BCUT2D eigenvalue weighted by molar-refractivity contribution is 8.13. The Morgan fingerprint density at radius 1 is 1.47 bits per heavy atom. The lowest BCUT2D eigenvalue weighted by Crippen LogP contribution is -2.32. The van der Waals surface area contributed by atoms with Gasteiger partial charge in [-0.05, 0) is 30.2 Å². The van der Waals surface area contributed by atoms with Crippen molar-refractivity contribution in [1.29, 1.82) is 0 Å². The number of hydrogen-bond acceptors (Lipinski definition) is 2. The van der Waals surface area contributed by atoms with E-state index in [1.807, 2.05) is 30.0 Å². The van der Waals surface area contributed by atoms with Gasteiger partial charge in [0.2, 0.25) is 0 Å². The molecule has 1 aliphatic rings. The lowest BCUT2D eigenvalue weighted by atomic mass is 10.0. The summed E-state index contributed by atoms with van der Waals surface area (Å²) >= 11 is 1.39. The normalized spacial score (nSPS) is 14.9. The first kappa shape index (κ1) is 10.6. The Kier molecular flexibility index (Phi) is 3.31. The molecule has 1 aromatic rings. The van der Waals surface area contributed by atoms with Crippen molar-refractivity contribution in [2.24, 2.45) is 0 Å². The predicted molar refractivity (Wildman–Crippen MR) is 65.6 cm³/mol. The second kappa shape index (κ2) is 4.71. The predicted octanol–water partition coefficient (Wildman–Crippen LogP) is 3.31. The number of carbonyl (C=O) groups excluding carboxylic acids is 1. The Bertz CT molecular complexity index is 364. The van der Waals surface area contributed by atoms with Crippen molar-refractivity contribution in [3.63, 3.8) is 0 Å². The van der Waals surface area contributed by atoms with Crippen LogP contribution in [0.3, 0.4) is 0 Å². The third kappa shape index (κ3) is 2.17. The van der Waals surface area contributed by atoms with Gasteiger partial charge in [-0.25, -0.2) is 0 Å². The van der Waals surface area contributed by atoms with Crippen LogP contribution in [-0.2, 0) is 6.42 Å². The molecule has 0 N–H and O–H groups in total. The van der Waals surface area contributed by atoms with Gasteiger partial charge in [0.1, 0.15) is 0 Å². The standard InChI is InChI=1S/C12H15NOS/c1-2-15-12(14)13-9-5-7-10-6-3-4-8-11(10)13/h3-4,6,8H,2,5,7,9H2,1H3. The van der Waals surface area contributed by atoms with Gasteiger partial charge in [-0.3, -0.25) is 4.79 Å². The molecule has 1 amide bonds. The highest BCUT2D eigenvalue weighted by atomic mass is 32.2. The van der Waals surface area contributed by atoms with Crippen LogP contribution in [0.25, 0.3) is 0 Å². The topological polar surface area (TPSA) is 20.3 Å². The summed E-state index contributed by atoms with van der Waals surface area (Å²) in [7, 11) is 0. The Morgan fingerprint density at radius 3 is 3.07 bits per heavy atom. The molecule has 80 valence electrons. The van der Waals surface area contributed by atoms with Crippen molar-refractivity contribution < 1.29 is 4.79 Å². The van der Waals surface area contributed by atoms with Crippen molar-refractivity contribution in [3.8, 4) is 0 Å². The number of nitrogens with zero attached hydrogens (tertiary/aromatic N) is 1. The zero-order valence-electron chi connectivity index (χ0n) is 8.90. The number of rotatable bonds is 1. The first-order valence-electron chi connectivity index (χ1n) is 5.35. The zero-order valence-corrected chi connectivity index (χ0v) is 9.72. The molecular formula is C12H15NOS. The number of thioether (sulfide) groups is 1. The first-order chi connectivity index (χ1) is 7.33. The minimum Gasteiger partial charge on any atom is -0.303 e. The molecule has 2 rings (SSSR count). The highest BCUT2D eigenvalue weighted by Gasteiger charge is 2.21. The van der Waals surface area contributed by atoms with Gasteiger partial charge in [0.25, 0.3) is 5.24 Å². The van der Waals surface area contributed by atoms with Crippen LogP contribution in [0.5, 0.6) is 0 Å². The van der Waals surface area contributed by atoms with E-state index in [2.05, 4.69) is 6.07 Å². The Hall–Kier alpha value is -0.960. The third-order valence-electron chi connectivity index (χ3n) is 2.60. The summed E-state index contributed by atoms with van der Waals surface area (Å²) in [5.41, 5.74) is 2.41. The van der Waals surface area contributed by atoms with Crippen LogP contribution in [0.1, 0.15) is 18.9 Å². The molecule has 0 unspecified atom stereocenters. The van der Waals surface area contributed by atoms with Gasteiger partial charge in [0, 0.05) is 12.2 Å². The van der Waals surface area contributed by atoms with Crippen LogP contribution in [0.4, 0.5) is 10.5 Å². The number of hydrogen-bond donors (Lipinski definition) is 0. The molecule has 0 saturated carbocycles. The summed E-state index contributed by atoms with van der Waals surface area (Å²) < 4.78 is 0. The van der Waals surface area contributed by atoms with Crippen LogP contribution >= 0.6 is 11.8 Å². The van der Waals surface area contributed by atoms with Gasteiger partial charge in [-0.2, -0.15) is 0 Å². The van der Waals surface area contributed by atoms with Crippen LogP contribution in [0.2, 0.25) is 0 Å². The molecule has 0 radical (unpaired) electrons. The first-order valence-corrected chi connectivity index (χ1v) is 6.33. The van der Waals surface area contributed by atoms with Crippen LogP contribution < -0.4 is 4.90 Å². The van der Waals surface area contributed by atoms with Crippen molar-refractivity contribution in [2.75, 3.05) is 17.2 Å². The highest BCUT2D eigenvalue weighted by Crippen LogP contribution is 2.28. The molecule has 0 saturated heterocycles. The molecule has 0 aliphatic carbocycles. The van der Waals surface area contributed by atoms with Crippen LogP contribution in [-0.4, -0.2) is 17.5 Å². The molecule has 1 aliphatic heterocycles. The quantitative estimate of drug-likeness (QED) is 0.725. The average molecular weight is 221 g/mol. The summed E-state index contributed by atoms with van der Waals surface area (Å²) in [6, 6.07) is 8.20. The summed E-state index contributed by atoms with van der Waals surface area (Å²) in [5.74, 6) is 0.845. The number of amides is 1. The molecule has 0 bridgehead atoms. The van der Waals surface area contributed by atoms with Gasteiger partial charge < -0.3 is 4.90 Å². The molecular weight excluding hydrogens is 206 g/mol. The van der Waals surface area contributed by atoms with Gasteiger partial charge >= 0.3 is 0 Å². The van der Waals surface area contributed by atoms with Crippen molar-refractivity contribution in [1.82, 2.24) is 0 Å². The number of para-hydroxylation sites is 1. The van der Waals surface area contributed by atoms with E-state index < -0.39 is 0 Å². The fourth-order valence-electron chi connectivity index (χ4n) is 1.92. The van der Waals surface area contributed by atoms with E-state index in [1.54, 1.807) is 0 Å². The Labute approximate surface area is 94.7 Å². The molecule has 1 heterocycles. The molecule has 3 heteroatoms. The largest absolute Gasteiger partial charge is 0.303 e. The second-order valence-electron chi connectivity index (χ2n) is 3.58. The number of fused-ring (bicyclic) bond motifs is 1. The summed E-state index contributed by atoms with van der Waals surface area (Å²) in [4.78, 5) is 13.8. The van der Waals surface area contributed by atoms with E-state index >= 15 is 0 Å². The number of aryl methyl sites for hydroxylation is 1. The molecule has 1 aromatic carbocycles. The molecule has 0 atom stereocenters. The SMILES string of the molecule is CCSC(=O)N1CCCc2ccccc21. The Morgan fingerprint density at radius 2 is 2.27 bits per heavy atom. The van der Waals surface area contributed by atoms with E-state index in [4.69, 9.17) is 0 Å². The van der Waals surface area contributed by atoms with Crippen LogP contribution in [0, 0.1) is 0 Å². The van der Waals surface area contributed by atoms with Crippen molar-refractivity contribution in [2.45, 2.75) is 19.8 Å². The van der Waals surface area contributed by atoms with Gasteiger partial charge in [-0.15, -0.1) is 0 Å². The summed E-state index contributed by atoms with van der Waals surface area (Å²) in [6.07, 6.45) is 2.17. The minimum absolute atomic E-state index is 0.185. The van der Waals surface area contributed by atoms with Gasteiger partial charge in [0.15, 0.2) is 0 Å². The van der Waals surface area contributed by atoms with Gasteiger partial charge in [0.05, 0.1) is 0 Å². The van der Waals surface area contributed by atoms with E-state index in [0.29, 0.717) is 0 Å². The molecule has 0 aromatic heterocycles. The van der Waals surface area contributed by atoms with Crippen molar-refractivity contribution in [3.05, 3.63) is 29.8 Å². The smallest absolute Gasteiger partial charge is 0.286 e. The lowest BCUT2D eigenvalue weighted by Gasteiger charge is -2.28. The Balaban J connectivity index is 2.25. The maximum absolute atomic E-state index is 11.8. The monoisotopic (exact) mass is 221 g/mol. The summed E-state index contributed by atoms with van der Waals surface area (Å²) in [6.45, 7) is 2.88. The number of carbonyl (C=O) groups is 1. The van der Waals surface area contributed by atoms with E-state index in [0.717, 1.165) is 30.8 Å². The number of anilines is 1. The number of benzene rings is 1. The molecule has 0 spiro atoms. The van der Waals surface area contributed by atoms with E-state index in [9.17, 15) is 4.79 Å². The molecule has 2 nitrogen and oxygen atoms in total. The molecule has 0 fully saturated rings. The van der Waals surface area contributed by atoms with E-state index in [-0.39, 0.29) is 5.24 Å². The third-order valence-corrected chi connectivity index (χ3v) is 3.35. The van der Waals surface area contributed by atoms with Crippen LogP contribution in [0.15, 0.2) is 24.3 Å². The molecule has 15 heavy (non-hydrogen) atoms. The lowest BCUT2D eigenvalue weighted by molar-refractivity contribution is 0.264. The van der Waals surface area contributed by atoms with Crippen molar-refractivity contribution >= 4 is 22.7 Å². The fraction of sp³-hybridized carbons (Fsp3) is 0.417. The second-order valence-corrected chi connectivity index (χ2v) is 4.80. The average Bonchev–Trinajstić information content (AvgIpc) is 2.28. The maximum Gasteiger partial charge on any atom is 0.286 e. The minimum atomic E-state index is 0.185.